The van der Waals surface area contributed by atoms with Crippen molar-refractivity contribution in [2.24, 2.45) is 29.6 Å². The van der Waals surface area contributed by atoms with E-state index in [9.17, 15) is 132 Å². The van der Waals surface area contributed by atoms with Crippen molar-refractivity contribution in [2.75, 3.05) is 26.4 Å². The Bertz CT molecular complexity index is 6750. The molecule has 39 heteroatoms. The van der Waals surface area contributed by atoms with E-state index in [1.165, 1.54) is 11.1 Å². The van der Waals surface area contributed by atoms with E-state index in [2.05, 4.69) is 21.6 Å². The molecule has 0 saturated carbocycles. The van der Waals surface area contributed by atoms with Crippen LogP contribution in [0.15, 0.2) is 243 Å². The van der Waals surface area contributed by atoms with E-state index in [0.717, 1.165) is 100 Å². The predicted octanol–water partition coefficient (Wildman–Crippen LogP) is 17.2. The van der Waals surface area contributed by atoms with Gasteiger partial charge in [-0.15, -0.1) is 0 Å². The van der Waals surface area contributed by atoms with Crippen LogP contribution in [0.2, 0.25) is 0 Å². The van der Waals surface area contributed by atoms with Crippen LogP contribution in [0.4, 0.5) is 48.3 Å². The molecule has 0 heterocycles. The topological polar surface area (TPSA) is 391 Å². The lowest BCUT2D eigenvalue weighted by molar-refractivity contribution is -0.163. The molecule has 0 fully saturated rings. The molecule has 0 aliphatic heterocycles. The lowest BCUT2D eigenvalue weighted by atomic mass is 9.58. The molecule has 10 aromatic carbocycles. The summed E-state index contributed by atoms with van der Waals surface area (Å²) in [4.78, 5) is 49.5. The summed E-state index contributed by atoms with van der Waals surface area (Å²) in [5, 5.41) is -23.4. The van der Waals surface area contributed by atoms with Crippen LogP contribution < -0.4 is 0 Å². The lowest BCUT2D eigenvalue weighted by Gasteiger charge is -2.46. The standard InChI is InChI=1S/C21H19F3O5S.C21H20F2O5S.2C19H16F2O5S.C18H16F2O3S/c22-18(21(23,24)30(26,27)28)9-10-29-20(25)17-11-16-12-5-1-3-7-14(12)19(17)15-8-4-2-6-13(15)16;22-21(23,29(25,26)27)10-5-11-28-20(24)18-12-17-13-6-1-3-8-15(13)19(18)16-9-4-2-7-14(16)17;20-19(21,27(23,24)25)18(22)26-10-11-9-16-12-5-1-3-7-14(12)17(11)15-8-4-2-6-13(15)16;20-19(21,27(23,24)25)10-26-18(22)16-9-15-11-5-1-3-7-13(11)17(16)14-8-4-2-6-12(14)15;19-18(20,24(21,22)23)10-11-9-16-12-5-1-3-7-14(12)17(11)15-8-4-2-6-13(15)16/h1-8,16-19H,9-11H2,(H,26,27,28);1-4,6-9,17-19H,5,10-12H2,(H,25,26,27);1-8,11,16-17H,9-10H2,(H,23,24,25);1-8,15-17H,9-10H2,(H,23,24,25);1-8,11,16-17H,9-10H2,(H,21,22,23)/p-5. The van der Waals surface area contributed by atoms with Crippen molar-refractivity contribution in [2.45, 2.75) is 149 Å². The Morgan fingerprint density at radius 2 is 0.547 bits per heavy atom. The average Bonchev–Trinajstić information content (AvgIpc) is 0.738. The number of halogens is 11. The first-order valence-electron chi connectivity index (χ1n) is 43.4. The maximum absolute atomic E-state index is 13.9. The highest BCUT2D eigenvalue weighted by Gasteiger charge is 2.56. The SMILES string of the molecule is O=C(OCC(F)(F)S(=O)(=O)[O-])C1CC2c3ccccc3C1c1ccccc12.O=C(OCC1CC2c3ccccc3C1c1ccccc12)C(F)(F)S(=O)(=O)[O-].O=C(OCCC(F)C(F)(F)S(=O)(=O)[O-])C1CC2c3ccccc3C1c1ccccc12.O=C(OCCCC(F)(F)S(=O)(=O)[O-])C1CC2c3ccccc3C1c1ccccc12.O=S(=O)([O-])C(F)(F)CC1CC2c3ccccc3C1c1ccccc12. The smallest absolute Gasteiger partial charge is 0.428 e. The third kappa shape index (κ3) is 18.7. The molecule has 10 aromatic rings. The molecule has 0 N–H and O–H groups in total. The van der Waals surface area contributed by atoms with Crippen molar-refractivity contribution < 1.29 is 151 Å². The summed E-state index contributed by atoms with van der Waals surface area (Å²) < 4.78 is 327. The number of hydrogen-bond acceptors (Lipinski definition) is 23. The van der Waals surface area contributed by atoms with Gasteiger partial charge >= 0.3 is 50.2 Å². The number of alkyl halides is 11. The third-order valence-electron chi connectivity index (χ3n) is 27.8. The van der Waals surface area contributed by atoms with Gasteiger partial charge in [-0.3, -0.25) is 14.4 Å². The highest BCUT2D eigenvalue weighted by molar-refractivity contribution is 7.88. The van der Waals surface area contributed by atoms with Crippen LogP contribution >= 0.6 is 0 Å². The van der Waals surface area contributed by atoms with E-state index < -0.39 is 169 Å². The van der Waals surface area contributed by atoms with E-state index >= 15 is 0 Å². The van der Waals surface area contributed by atoms with Crippen molar-refractivity contribution in [3.8, 4) is 0 Å². The Morgan fingerprint density at radius 3 is 0.825 bits per heavy atom. The van der Waals surface area contributed by atoms with Gasteiger partial charge in [0.25, 0.3) is 0 Å². The highest BCUT2D eigenvalue weighted by atomic mass is 32.2. The monoisotopic (exact) mass is 2000 g/mol. The van der Waals surface area contributed by atoms with Gasteiger partial charge in [0.15, 0.2) is 63.4 Å². The molecule has 137 heavy (non-hydrogen) atoms. The summed E-state index contributed by atoms with van der Waals surface area (Å²) in [6.07, 6.45) is -4.40. The van der Waals surface area contributed by atoms with Gasteiger partial charge in [-0.2, -0.15) is 43.9 Å². The molecule has 724 valence electrons. The fraction of sp³-hybridized carbons (Fsp3) is 0.347. The van der Waals surface area contributed by atoms with Crippen molar-refractivity contribution in [1.29, 1.82) is 0 Å². The number of fused-ring (bicyclic) bond motifs is 5. The molecule has 10 bridgehead atoms. The Morgan fingerprint density at radius 1 is 0.299 bits per heavy atom. The summed E-state index contributed by atoms with van der Waals surface area (Å²) in [5.41, 5.74) is 21.5. The zero-order valence-corrected chi connectivity index (χ0v) is 75.7. The fourth-order valence-electron chi connectivity index (χ4n) is 22.0. The molecule has 0 radical (unpaired) electrons. The summed E-state index contributed by atoms with van der Waals surface area (Å²) in [5.74, 6) is -8.17. The average molecular weight is 2000 g/mol. The summed E-state index contributed by atoms with van der Waals surface area (Å²) in [7, 11) is -29.5. The Kier molecular flexibility index (Phi) is 27.1. The molecule has 25 rings (SSSR count). The largest absolute Gasteiger partial charge is 0.743 e. The summed E-state index contributed by atoms with van der Waals surface area (Å²) >= 11 is 0. The van der Waals surface area contributed by atoms with Gasteiger partial charge in [0.2, 0.25) is 0 Å². The number of rotatable bonds is 23. The molecule has 23 nitrogen and oxygen atoms in total. The van der Waals surface area contributed by atoms with Crippen LogP contribution in [0.5, 0.6) is 0 Å². The second kappa shape index (κ2) is 37.5. The van der Waals surface area contributed by atoms with E-state index in [1.807, 2.05) is 231 Å². The Balaban J connectivity index is 0.000000124. The highest BCUT2D eigenvalue weighted by Crippen LogP contribution is 2.62. The number of carbonyl (C=O) groups is 4. The van der Waals surface area contributed by atoms with Crippen molar-refractivity contribution in [3.05, 3.63) is 354 Å². The maximum atomic E-state index is 13.9. The molecule has 15 aliphatic rings. The van der Waals surface area contributed by atoms with Gasteiger partial charge in [-0.25, -0.2) is 51.3 Å². The summed E-state index contributed by atoms with van der Waals surface area (Å²) in [6.45, 7) is -3.26. The second-order valence-corrected chi connectivity index (χ2v) is 42.7. The predicted molar refractivity (Wildman–Crippen MR) is 464 cm³/mol. The van der Waals surface area contributed by atoms with Crippen molar-refractivity contribution in [1.82, 2.24) is 0 Å². The van der Waals surface area contributed by atoms with Crippen LogP contribution in [0, 0.1) is 29.6 Å². The van der Waals surface area contributed by atoms with E-state index in [0.29, 0.717) is 32.1 Å². The van der Waals surface area contributed by atoms with Gasteiger partial charge in [0, 0.05) is 84.4 Å². The number of benzene rings is 10. The Labute approximate surface area is 780 Å². The molecule has 0 spiro atoms. The first-order valence-corrected chi connectivity index (χ1v) is 50.4. The van der Waals surface area contributed by atoms with E-state index in [1.54, 1.807) is 0 Å². The van der Waals surface area contributed by atoms with E-state index in [4.69, 9.17) is 9.47 Å². The molecular formula is C98H82F11O23S5-5. The molecule has 6 unspecified atom stereocenters. The zero-order chi connectivity index (χ0) is 98.4. The van der Waals surface area contributed by atoms with Gasteiger partial charge in [-0.05, 0) is 156 Å². The summed E-state index contributed by atoms with van der Waals surface area (Å²) in [6, 6.07) is 77.9. The normalized spacial score (nSPS) is 23.6. The van der Waals surface area contributed by atoms with Crippen molar-refractivity contribution >= 4 is 74.5 Å². The molecular weight excluding hydrogens is 1910 g/mol. The number of esters is 4. The minimum absolute atomic E-state index is 0.0104. The zero-order valence-electron chi connectivity index (χ0n) is 71.6. The van der Waals surface area contributed by atoms with Gasteiger partial charge in [-0.1, -0.05) is 243 Å². The minimum atomic E-state index is -6.15. The maximum Gasteiger partial charge on any atom is 0.428 e. The van der Waals surface area contributed by atoms with E-state index in [-0.39, 0.29) is 78.3 Å². The van der Waals surface area contributed by atoms with Crippen LogP contribution in [0.1, 0.15) is 228 Å². The molecule has 0 aromatic heterocycles. The first kappa shape index (κ1) is 98.9. The lowest BCUT2D eigenvalue weighted by Crippen LogP contribution is -2.41. The minimum Gasteiger partial charge on any atom is -0.743 e. The second-order valence-electron chi connectivity index (χ2n) is 35.3. The van der Waals surface area contributed by atoms with Gasteiger partial charge in [0.05, 0.1) is 37.6 Å². The molecule has 6 atom stereocenters. The van der Waals surface area contributed by atoms with Crippen LogP contribution in [0.3, 0.4) is 0 Å². The number of hydrogen-bond donors (Lipinski definition) is 0. The quantitative estimate of drug-likeness (QED) is 0.0189. The first-order chi connectivity index (χ1) is 64.5. The van der Waals surface area contributed by atoms with Crippen LogP contribution in [-0.2, 0) is 88.7 Å². The third-order valence-corrected chi connectivity index (χ3v) is 32.2. The Hall–Kier alpha value is -11.1. The van der Waals surface area contributed by atoms with Crippen molar-refractivity contribution in [3.63, 3.8) is 0 Å². The van der Waals surface area contributed by atoms with Crippen LogP contribution in [0.25, 0.3) is 0 Å². The van der Waals surface area contributed by atoms with Gasteiger partial charge < -0.3 is 41.7 Å². The van der Waals surface area contributed by atoms with Gasteiger partial charge in [0.1, 0.15) is 0 Å². The van der Waals surface area contributed by atoms with Crippen LogP contribution in [-0.4, -0.2) is 148 Å². The number of ether oxygens (including phenoxy) is 4. The molecule has 0 saturated heterocycles. The molecule has 0 amide bonds. The molecule has 15 aliphatic carbocycles. The fourth-order valence-corrected chi connectivity index (χ4v) is 23.7. The number of carbonyl (C=O) groups excluding carboxylic acids is 4.